The van der Waals surface area contributed by atoms with Gasteiger partial charge in [0.15, 0.2) is 17.5 Å². The third-order valence-electron chi connectivity index (χ3n) is 3.97. The minimum Gasteiger partial charge on any atom is -0.493 e. The summed E-state index contributed by atoms with van der Waals surface area (Å²) in [7, 11) is 3.24. The molecule has 31 heavy (non-hydrogen) atoms. The Labute approximate surface area is 197 Å². The highest BCUT2D eigenvalue weighted by Gasteiger charge is 2.27. The highest BCUT2D eigenvalue weighted by atomic mass is 127. The number of alkyl halides is 3. The molecule has 172 valence electrons. The Balaban J connectivity index is 0.00000480. The molecule has 2 aromatic rings. The van der Waals surface area contributed by atoms with Crippen molar-refractivity contribution < 1.29 is 27.4 Å². The minimum absolute atomic E-state index is 0. The second kappa shape index (κ2) is 13.3. The molecule has 2 aromatic carbocycles. The second-order valence-corrected chi connectivity index (χ2v) is 6.27. The number of nitrogens with one attached hydrogen (secondary N) is 2. The predicted octanol–water partition coefficient (Wildman–Crippen LogP) is 4.98. The monoisotopic (exact) mass is 553 g/mol. The summed E-state index contributed by atoms with van der Waals surface area (Å²) in [6, 6.07) is 12.6. The quantitative estimate of drug-likeness (QED) is 0.261. The van der Waals surface area contributed by atoms with E-state index in [2.05, 4.69) is 20.4 Å². The number of halogens is 4. The van der Waals surface area contributed by atoms with Crippen molar-refractivity contribution in [2.24, 2.45) is 4.99 Å². The minimum atomic E-state index is -4.32. The van der Waals surface area contributed by atoms with Crippen molar-refractivity contribution in [3.05, 3.63) is 53.6 Å². The molecule has 0 heterocycles. The van der Waals surface area contributed by atoms with Crippen LogP contribution in [-0.4, -0.2) is 39.5 Å². The summed E-state index contributed by atoms with van der Waals surface area (Å²) in [5.41, 5.74) is 2.40. The summed E-state index contributed by atoms with van der Waals surface area (Å²) >= 11 is 0. The summed E-state index contributed by atoms with van der Waals surface area (Å²) in [4.78, 5) is 4.19. The highest BCUT2D eigenvalue weighted by Crippen LogP contribution is 2.30. The lowest BCUT2D eigenvalue weighted by Crippen LogP contribution is -2.30. The normalized spacial score (nSPS) is 11.5. The summed E-state index contributed by atoms with van der Waals surface area (Å²) < 4.78 is 51.9. The Hall–Kier alpha value is -2.21. The van der Waals surface area contributed by atoms with Crippen LogP contribution >= 0.6 is 24.0 Å². The molecular formula is C21H27F3IN3O3. The van der Waals surface area contributed by atoms with Crippen LogP contribution in [0.1, 0.15) is 18.1 Å². The summed E-state index contributed by atoms with van der Waals surface area (Å²) in [6.45, 7) is 1.56. The molecule has 6 nitrogen and oxygen atoms in total. The molecule has 0 aliphatic heterocycles. The van der Waals surface area contributed by atoms with Gasteiger partial charge in [-0.25, -0.2) is 0 Å². The molecular weight excluding hydrogens is 526 g/mol. The zero-order valence-corrected chi connectivity index (χ0v) is 19.9. The molecule has 0 aromatic heterocycles. The number of rotatable bonds is 9. The number of guanidine groups is 1. The maximum atomic E-state index is 12.1. The van der Waals surface area contributed by atoms with Crippen LogP contribution in [0.4, 0.5) is 18.9 Å². The number of benzene rings is 2. The van der Waals surface area contributed by atoms with E-state index in [0.29, 0.717) is 36.2 Å². The average molecular weight is 553 g/mol. The van der Waals surface area contributed by atoms with E-state index in [1.165, 1.54) is 0 Å². The third-order valence-corrected chi connectivity index (χ3v) is 3.97. The molecule has 0 aliphatic carbocycles. The predicted molar refractivity (Wildman–Crippen MR) is 126 cm³/mol. The summed E-state index contributed by atoms with van der Waals surface area (Å²) in [6.07, 6.45) is -4.32. The van der Waals surface area contributed by atoms with E-state index in [1.807, 2.05) is 31.2 Å². The summed E-state index contributed by atoms with van der Waals surface area (Å²) in [5.74, 6) is 1.83. The molecule has 0 saturated heterocycles. The fourth-order valence-electron chi connectivity index (χ4n) is 2.56. The number of anilines is 1. The van der Waals surface area contributed by atoms with Crippen LogP contribution in [0.5, 0.6) is 11.5 Å². The molecule has 0 radical (unpaired) electrons. The largest absolute Gasteiger partial charge is 0.493 e. The molecule has 2 N–H and O–H groups in total. The van der Waals surface area contributed by atoms with Crippen molar-refractivity contribution in [2.75, 3.05) is 32.7 Å². The van der Waals surface area contributed by atoms with Crippen LogP contribution in [0.3, 0.4) is 0 Å². The van der Waals surface area contributed by atoms with Crippen molar-refractivity contribution in [1.29, 1.82) is 0 Å². The van der Waals surface area contributed by atoms with Crippen molar-refractivity contribution in [3.63, 3.8) is 0 Å². The molecule has 0 amide bonds. The fraction of sp³-hybridized carbons (Fsp3) is 0.381. The Bertz CT molecular complexity index is 831. The van der Waals surface area contributed by atoms with Gasteiger partial charge in [-0.15, -0.1) is 24.0 Å². The Morgan fingerprint density at radius 3 is 2.29 bits per heavy atom. The van der Waals surface area contributed by atoms with E-state index in [-0.39, 0.29) is 30.6 Å². The maximum absolute atomic E-state index is 12.1. The SMILES string of the molecule is CCOc1cc(NC(=NC)NCc2ccc(COCC(F)(F)F)cc2)ccc1OC.I. The van der Waals surface area contributed by atoms with Crippen LogP contribution in [0, 0.1) is 0 Å². The van der Waals surface area contributed by atoms with Crippen molar-refractivity contribution in [2.45, 2.75) is 26.3 Å². The molecule has 0 spiro atoms. The smallest absolute Gasteiger partial charge is 0.411 e. The molecule has 0 bridgehead atoms. The molecule has 0 unspecified atom stereocenters. The lowest BCUT2D eigenvalue weighted by molar-refractivity contribution is -0.176. The molecule has 0 saturated carbocycles. The first-order chi connectivity index (χ1) is 14.3. The van der Waals surface area contributed by atoms with E-state index in [4.69, 9.17) is 9.47 Å². The van der Waals surface area contributed by atoms with E-state index >= 15 is 0 Å². The van der Waals surface area contributed by atoms with Gasteiger partial charge in [0.1, 0.15) is 6.61 Å². The zero-order chi connectivity index (χ0) is 22.0. The van der Waals surface area contributed by atoms with E-state index < -0.39 is 12.8 Å². The Morgan fingerprint density at radius 2 is 1.71 bits per heavy atom. The molecule has 2 rings (SSSR count). The van der Waals surface area contributed by atoms with E-state index in [9.17, 15) is 13.2 Å². The second-order valence-electron chi connectivity index (χ2n) is 6.27. The van der Waals surface area contributed by atoms with Gasteiger partial charge in [0.25, 0.3) is 0 Å². The van der Waals surface area contributed by atoms with Crippen molar-refractivity contribution in [3.8, 4) is 11.5 Å². The topological polar surface area (TPSA) is 64.1 Å². The van der Waals surface area contributed by atoms with Gasteiger partial charge in [-0.3, -0.25) is 4.99 Å². The Kier molecular flexibility index (Phi) is 11.5. The van der Waals surface area contributed by atoms with Crippen LogP contribution in [0.15, 0.2) is 47.5 Å². The lowest BCUT2D eigenvalue weighted by atomic mass is 10.1. The summed E-state index contributed by atoms with van der Waals surface area (Å²) in [5, 5.41) is 6.36. The van der Waals surface area contributed by atoms with Gasteiger partial charge in [0, 0.05) is 25.3 Å². The van der Waals surface area contributed by atoms with Gasteiger partial charge in [-0.1, -0.05) is 24.3 Å². The van der Waals surface area contributed by atoms with Crippen molar-refractivity contribution in [1.82, 2.24) is 5.32 Å². The lowest BCUT2D eigenvalue weighted by Gasteiger charge is -2.15. The van der Waals surface area contributed by atoms with E-state index in [1.54, 1.807) is 32.4 Å². The molecule has 0 aliphatic rings. The standard InChI is InChI=1S/C21H26F3N3O3.HI/c1-4-30-19-11-17(9-10-18(19)28-3)27-20(25-2)26-12-15-5-7-16(8-6-15)13-29-14-21(22,23)24;/h5-11H,4,12-14H2,1-3H3,(H2,25,26,27);1H. The third kappa shape index (κ3) is 9.64. The highest BCUT2D eigenvalue weighted by molar-refractivity contribution is 14.0. The van der Waals surface area contributed by atoms with Gasteiger partial charge in [-0.05, 0) is 30.2 Å². The first-order valence-corrected chi connectivity index (χ1v) is 9.35. The first-order valence-electron chi connectivity index (χ1n) is 9.35. The van der Waals surface area contributed by atoms with Crippen LogP contribution in [0.2, 0.25) is 0 Å². The maximum Gasteiger partial charge on any atom is 0.411 e. The van der Waals surface area contributed by atoms with Crippen LogP contribution in [0.25, 0.3) is 0 Å². The van der Waals surface area contributed by atoms with E-state index in [0.717, 1.165) is 11.3 Å². The van der Waals surface area contributed by atoms with Gasteiger partial charge < -0.3 is 24.8 Å². The van der Waals surface area contributed by atoms with Gasteiger partial charge in [0.05, 0.1) is 20.3 Å². The number of methoxy groups -OCH3 is 1. The molecule has 0 fully saturated rings. The number of hydrogen-bond acceptors (Lipinski definition) is 4. The van der Waals surface area contributed by atoms with Crippen LogP contribution < -0.4 is 20.1 Å². The number of ether oxygens (including phenoxy) is 3. The average Bonchev–Trinajstić information content (AvgIpc) is 2.71. The Morgan fingerprint density at radius 1 is 1.03 bits per heavy atom. The molecule has 0 atom stereocenters. The van der Waals surface area contributed by atoms with Crippen molar-refractivity contribution >= 4 is 35.6 Å². The first kappa shape index (κ1) is 26.8. The fourth-order valence-corrected chi connectivity index (χ4v) is 2.56. The molecule has 10 heteroatoms. The number of aliphatic imine (C=N–C) groups is 1. The van der Waals surface area contributed by atoms with Crippen LogP contribution in [-0.2, 0) is 17.9 Å². The zero-order valence-electron chi connectivity index (χ0n) is 17.6. The number of nitrogens with zero attached hydrogens (tertiary/aromatic N) is 1. The van der Waals surface area contributed by atoms with Gasteiger partial charge in [-0.2, -0.15) is 13.2 Å². The van der Waals surface area contributed by atoms with Gasteiger partial charge in [0.2, 0.25) is 0 Å². The van der Waals surface area contributed by atoms with Gasteiger partial charge >= 0.3 is 6.18 Å². The number of hydrogen-bond donors (Lipinski definition) is 2.